The largest absolute Gasteiger partial charge is 0.456 e. The molecule has 0 aromatic heterocycles. The Morgan fingerprint density at radius 3 is 2.26 bits per heavy atom. The van der Waals surface area contributed by atoms with Gasteiger partial charge in [-0.3, -0.25) is 9.69 Å². The summed E-state index contributed by atoms with van der Waals surface area (Å²) in [7, 11) is 0. The summed E-state index contributed by atoms with van der Waals surface area (Å²) in [5, 5.41) is 11.5. The van der Waals surface area contributed by atoms with Gasteiger partial charge in [-0.25, -0.2) is 4.79 Å². The smallest absolute Gasteiger partial charge is 0.444 e. The Hall–Kier alpha value is -2.79. The number of alkyl halides is 5. The monoisotopic (exact) mass is 664 g/mol. The van der Waals surface area contributed by atoms with Crippen molar-refractivity contribution in [3.8, 4) is 0 Å². The van der Waals surface area contributed by atoms with Crippen molar-refractivity contribution in [1.82, 2.24) is 9.80 Å². The lowest BCUT2D eigenvalue weighted by atomic mass is 9.50. The number of hydrogen-bond donors (Lipinski definition) is 1. The van der Waals surface area contributed by atoms with E-state index in [2.05, 4.69) is 4.90 Å². The molecule has 5 atom stereocenters. The highest BCUT2D eigenvalue weighted by Crippen LogP contribution is 2.70. The third-order valence-corrected chi connectivity index (χ3v) is 11.6. The first kappa shape index (κ1) is 34.1. The highest BCUT2D eigenvalue weighted by atomic mass is 19.4. The molecule has 5 aliphatic rings. The van der Waals surface area contributed by atoms with Gasteiger partial charge in [-0.05, 0) is 99.5 Å². The average Bonchev–Trinajstić information content (AvgIpc) is 3.27. The number of nitrogens with zero attached hydrogens (tertiary/aromatic N) is 2. The molecule has 1 aromatic rings. The Morgan fingerprint density at radius 1 is 0.979 bits per heavy atom. The summed E-state index contributed by atoms with van der Waals surface area (Å²) in [5.74, 6) is -6.45. The fourth-order valence-electron chi connectivity index (χ4n) is 9.24. The number of amides is 1. The lowest BCUT2D eigenvalue weighted by Crippen LogP contribution is -2.65. The minimum atomic E-state index is -5.87. The molecule has 4 aliphatic carbocycles. The highest BCUT2D eigenvalue weighted by molar-refractivity contribution is 5.93. The number of halogens is 5. The number of carbonyl (C=O) groups is 2. The van der Waals surface area contributed by atoms with Gasteiger partial charge in [-0.2, -0.15) is 22.0 Å². The van der Waals surface area contributed by atoms with E-state index in [0.717, 1.165) is 27.8 Å². The van der Waals surface area contributed by atoms with Gasteiger partial charge in [0.15, 0.2) is 5.78 Å². The Balaban J connectivity index is 1.28. The topological polar surface area (TPSA) is 70.1 Å². The molecule has 47 heavy (non-hydrogen) atoms. The molecule has 11 heteroatoms. The van der Waals surface area contributed by atoms with Crippen LogP contribution in [0.3, 0.4) is 0 Å². The van der Waals surface area contributed by atoms with Crippen molar-refractivity contribution in [2.75, 3.05) is 26.2 Å². The molecule has 1 saturated heterocycles. The molecule has 6 nitrogen and oxygen atoms in total. The Bertz CT molecular complexity index is 1470. The van der Waals surface area contributed by atoms with Crippen molar-refractivity contribution < 1.29 is 41.4 Å². The minimum absolute atomic E-state index is 0.0393. The Morgan fingerprint density at radius 2 is 1.64 bits per heavy atom. The first-order valence-corrected chi connectivity index (χ1v) is 16.8. The second-order valence-electron chi connectivity index (χ2n) is 15.5. The van der Waals surface area contributed by atoms with E-state index in [4.69, 9.17) is 4.74 Å². The van der Waals surface area contributed by atoms with Crippen LogP contribution in [0, 0.1) is 17.3 Å². The molecule has 0 unspecified atom stereocenters. The third-order valence-electron chi connectivity index (χ3n) is 11.6. The Labute approximate surface area is 273 Å². The summed E-state index contributed by atoms with van der Waals surface area (Å²) in [6.07, 6.45) is -3.09. The van der Waals surface area contributed by atoms with Crippen LogP contribution >= 0.6 is 0 Å². The van der Waals surface area contributed by atoms with Gasteiger partial charge in [0, 0.05) is 50.5 Å². The SMILES string of the molecule is CC(C)(C)OC(=O)N1CCN(Cc2ccc([C@H]3C[C@@]4(C)[C@@H](CC[C@@]4(O)C(F)(F)C(F)(F)F)[C@@H]4CCC5=CC(=O)CCC5=C43)cc2)CC1. The summed E-state index contributed by atoms with van der Waals surface area (Å²) in [6, 6.07) is 7.82. The van der Waals surface area contributed by atoms with Crippen molar-refractivity contribution in [3.63, 3.8) is 0 Å². The maximum Gasteiger partial charge on any atom is 0.456 e. The molecule has 1 aromatic carbocycles. The van der Waals surface area contributed by atoms with Gasteiger partial charge in [0.2, 0.25) is 0 Å². The number of rotatable bonds is 4. The second-order valence-corrected chi connectivity index (χ2v) is 15.5. The fourth-order valence-corrected chi connectivity index (χ4v) is 9.24. The van der Waals surface area contributed by atoms with Crippen LogP contribution < -0.4 is 0 Å². The van der Waals surface area contributed by atoms with Crippen molar-refractivity contribution >= 4 is 11.9 Å². The normalized spacial score (nSPS) is 32.0. The summed E-state index contributed by atoms with van der Waals surface area (Å²) >= 11 is 0. The van der Waals surface area contributed by atoms with E-state index in [0.29, 0.717) is 58.4 Å². The molecular formula is C36H45F5N2O4. The fraction of sp³-hybridized carbons (Fsp3) is 0.667. The van der Waals surface area contributed by atoms with E-state index in [1.807, 2.05) is 45.0 Å². The van der Waals surface area contributed by atoms with Gasteiger partial charge >= 0.3 is 18.2 Å². The van der Waals surface area contributed by atoms with E-state index >= 15 is 8.78 Å². The predicted octanol–water partition coefficient (Wildman–Crippen LogP) is 7.57. The van der Waals surface area contributed by atoms with Crippen molar-refractivity contribution in [2.24, 2.45) is 17.3 Å². The average molecular weight is 665 g/mol. The number of benzene rings is 1. The molecule has 0 bridgehead atoms. The number of allylic oxidation sites excluding steroid dienone is 4. The van der Waals surface area contributed by atoms with Crippen molar-refractivity contribution in [3.05, 3.63) is 58.2 Å². The lowest BCUT2D eigenvalue weighted by Gasteiger charge is -2.56. The summed E-state index contributed by atoms with van der Waals surface area (Å²) in [6.45, 7) is 9.99. The number of aliphatic hydroxyl groups is 1. The highest BCUT2D eigenvalue weighted by Gasteiger charge is 2.79. The van der Waals surface area contributed by atoms with E-state index < -0.39 is 47.0 Å². The maximum atomic E-state index is 15.3. The molecule has 258 valence electrons. The molecule has 1 heterocycles. The van der Waals surface area contributed by atoms with Crippen LogP contribution in [-0.2, 0) is 16.1 Å². The first-order valence-electron chi connectivity index (χ1n) is 16.8. The maximum absolute atomic E-state index is 15.3. The summed E-state index contributed by atoms with van der Waals surface area (Å²) in [4.78, 5) is 28.7. The number of ketones is 1. The number of carbonyl (C=O) groups excluding carboxylic acids is 2. The number of piperazine rings is 1. The lowest BCUT2D eigenvalue weighted by molar-refractivity contribution is -0.362. The van der Waals surface area contributed by atoms with Gasteiger partial charge in [-0.15, -0.1) is 0 Å². The molecule has 1 aliphatic heterocycles. The van der Waals surface area contributed by atoms with Crippen LogP contribution in [0.2, 0.25) is 0 Å². The minimum Gasteiger partial charge on any atom is -0.444 e. The number of fused-ring (bicyclic) bond motifs is 4. The van der Waals surface area contributed by atoms with E-state index in [9.17, 15) is 27.9 Å². The van der Waals surface area contributed by atoms with Crippen LogP contribution in [0.15, 0.2) is 47.1 Å². The summed E-state index contributed by atoms with van der Waals surface area (Å²) in [5.41, 5.74) is -0.567. The molecule has 3 fully saturated rings. The zero-order valence-electron chi connectivity index (χ0n) is 27.6. The molecule has 0 radical (unpaired) electrons. The van der Waals surface area contributed by atoms with Gasteiger partial charge in [0.05, 0.1) is 0 Å². The molecule has 1 N–H and O–H groups in total. The van der Waals surface area contributed by atoms with Crippen LogP contribution in [0.1, 0.15) is 89.7 Å². The standard InChI is InChI=1S/C36H45F5N2O4/c1-32(2,3)47-31(45)43-17-15-42(16-18-43)21-22-5-7-23(8-6-22)28-20-33(4)29(13-14-34(33,46)35(37,38)36(39,40)41)27-11-9-24-19-25(44)10-12-26(24)30(27)28/h5-8,19,27-29,46H,9-18,20-21H2,1-4H3/t27-,28+,29-,33-,34-/m0/s1. The zero-order chi connectivity index (χ0) is 34.2. The molecule has 6 rings (SSSR count). The van der Waals surface area contributed by atoms with E-state index in [1.54, 1.807) is 11.0 Å². The van der Waals surface area contributed by atoms with Crippen LogP contribution in [0.25, 0.3) is 0 Å². The first-order chi connectivity index (χ1) is 21.8. The van der Waals surface area contributed by atoms with Crippen LogP contribution in [0.5, 0.6) is 0 Å². The zero-order valence-corrected chi connectivity index (χ0v) is 27.6. The summed E-state index contributed by atoms with van der Waals surface area (Å²) < 4.78 is 77.5. The van der Waals surface area contributed by atoms with Gasteiger partial charge < -0.3 is 14.7 Å². The van der Waals surface area contributed by atoms with E-state index in [1.165, 1.54) is 6.92 Å². The molecule has 2 saturated carbocycles. The third kappa shape index (κ3) is 5.83. The van der Waals surface area contributed by atoms with Crippen LogP contribution in [0.4, 0.5) is 26.7 Å². The molecule has 0 spiro atoms. The van der Waals surface area contributed by atoms with Gasteiger partial charge in [0.25, 0.3) is 0 Å². The number of hydrogen-bond acceptors (Lipinski definition) is 5. The van der Waals surface area contributed by atoms with Crippen molar-refractivity contribution in [1.29, 1.82) is 0 Å². The van der Waals surface area contributed by atoms with Gasteiger partial charge in [-0.1, -0.05) is 36.8 Å². The van der Waals surface area contributed by atoms with Gasteiger partial charge in [0.1, 0.15) is 11.2 Å². The second kappa shape index (κ2) is 11.7. The number of ether oxygens (including phenoxy) is 1. The van der Waals surface area contributed by atoms with E-state index in [-0.39, 0.29) is 30.6 Å². The quantitative estimate of drug-likeness (QED) is 0.337. The predicted molar refractivity (Wildman–Crippen MR) is 166 cm³/mol. The van der Waals surface area contributed by atoms with Crippen LogP contribution in [-0.4, -0.2) is 76.3 Å². The molecular weight excluding hydrogens is 619 g/mol. The van der Waals surface area contributed by atoms with Crippen molar-refractivity contribution in [2.45, 2.75) is 108 Å². The Kier molecular flexibility index (Phi) is 8.47. The molecule has 1 amide bonds.